The van der Waals surface area contributed by atoms with E-state index in [-0.39, 0.29) is 6.29 Å². The molecule has 0 aromatic carbocycles. The average molecular weight is 239 g/mol. The fourth-order valence-electron chi connectivity index (χ4n) is 2.12. The summed E-state index contributed by atoms with van der Waals surface area (Å²) >= 11 is 0. The zero-order valence-electron chi connectivity index (χ0n) is 10.6. The van der Waals surface area contributed by atoms with Crippen molar-refractivity contribution in [1.82, 2.24) is 14.9 Å². The van der Waals surface area contributed by atoms with Gasteiger partial charge >= 0.3 is 0 Å². The third-order valence-electron chi connectivity index (χ3n) is 3.15. The van der Waals surface area contributed by atoms with E-state index in [9.17, 15) is 0 Å². The summed E-state index contributed by atoms with van der Waals surface area (Å²) in [6, 6.07) is 0.339. The van der Waals surface area contributed by atoms with Crippen LogP contribution >= 0.6 is 0 Å². The summed E-state index contributed by atoms with van der Waals surface area (Å²) in [5.41, 5.74) is 0. The molecule has 5 heteroatoms. The highest BCUT2D eigenvalue weighted by Gasteiger charge is 2.21. The van der Waals surface area contributed by atoms with Gasteiger partial charge in [0.25, 0.3) is 0 Å². The van der Waals surface area contributed by atoms with Crippen LogP contribution in [0.5, 0.6) is 0 Å². The van der Waals surface area contributed by atoms with Gasteiger partial charge in [-0.15, -0.1) is 0 Å². The number of ether oxygens (including phenoxy) is 2. The lowest BCUT2D eigenvalue weighted by molar-refractivity contribution is -0.0523. The number of aryl methyl sites for hydroxylation is 1. The SMILES string of the molecule is CCn1ccnc1CC(CC1OCCO1)NC. The first-order valence-electron chi connectivity index (χ1n) is 6.24. The summed E-state index contributed by atoms with van der Waals surface area (Å²) < 4.78 is 13.1. The summed E-state index contributed by atoms with van der Waals surface area (Å²) in [4.78, 5) is 4.39. The summed E-state index contributed by atoms with van der Waals surface area (Å²) in [5, 5.41) is 3.31. The Morgan fingerprint density at radius 1 is 1.53 bits per heavy atom. The Kier molecular flexibility index (Phi) is 4.53. The smallest absolute Gasteiger partial charge is 0.159 e. The molecule has 0 radical (unpaired) electrons. The lowest BCUT2D eigenvalue weighted by Crippen LogP contribution is -2.33. The van der Waals surface area contributed by atoms with Crippen molar-refractivity contribution >= 4 is 0 Å². The van der Waals surface area contributed by atoms with Crippen LogP contribution in [0.3, 0.4) is 0 Å². The fourth-order valence-corrected chi connectivity index (χ4v) is 2.12. The second-order valence-electron chi connectivity index (χ2n) is 4.23. The van der Waals surface area contributed by atoms with Gasteiger partial charge in [-0.2, -0.15) is 0 Å². The van der Waals surface area contributed by atoms with Crippen LogP contribution in [0.15, 0.2) is 12.4 Å². The molecule has 1 aromatic heterocycles. The van der Waals surface area contributed by atoms with Gasteiger partial charge in [0.05, 0.1) is 13.2 Å². The number of nitrogens with one attached hydrogen (secondary N) is 1. The first-order chi connectivity index (χ1) is 8.33. The number of likely N-dealkylation sites (N-methyl/N-ethyl adjacent to an activating group) is 1. The predicted molar refractivity (Wildman–Crippen MR) is 64.8 cm³/mol. The van der Waals surface area contributed by atoms with E-state index in [0.29, 0.717) is 19.3 Å². The van der Waals surface area contributed by atoms with Crippen molar-refractivity contribution in [1.29, 1.82) is 0 Å². The minimum atomic E-state index is -0.0579. The van der Waals surface area contributed by atoms with Gasteiger partial charge in [-0.3, -0.25) is 0 Å². The lowest BCUT2D eigenvalue weighted by atomic mass is 10.1. The molecule has 1 saturated heterocycles. The van der Waals surface area contributed by atoms with Crippen molar-refractivity contribution in [3.63, 3.8) is 0 Å². The van der Waals surface area contributed by atoms with Gasteiger partial charge in [0.2, 0.25) is 0 Å². The molecule has 0 amide bonds. The van der Waals surface area contributed by atoms with Crippen LogP contribution in [0.25, 0.3) is 0 Å². The summed E-state index contributed by atoms with van der Waals surface area (Å²) in [5.74, 6) is 1.12. The molecule has 1 aliphatic heterocycles. The monoisotopic (exact) mass is 239 g/mol. The highest BCUT2D eigenvalue weighted by Crippen LogP contribution is 2.13. The fraction of sp³-hybridized carbons (Fsp3) is 0.750. The Morgan fingerprint density at radius 2 is 2.29 bits per heavy atom. The second-order valence-corrected chi connectivity index (χ2v) is 4.23. The molecule has 5 nitrogen and oxygen atoms in total. The van der Waals surface area contributed by atoms with Crippen molar-refractivity contribution < 1.29 is 9.47 Å². The highest BCUT2D eigenvalue weighted by atomic mass is 16.7. The maximum Gasteiger partial charge on any atom is 0.159 e. The third kappa shape index (κ3) is 3.28. The summed E-state index contributed by atoms with van der Waals surface area (Å²) in [6.07, 6.45) is 5.59. The molecule has 2 rings (SSSR count). The number of rotatable bonds is 6. The van der Waals surface area contributed by atoms with Crippen LogP contribution in [0.4, 0.5) is 0 Å². The zero-order chi connectivity index (χ0) is 12.1. The Bertz CT molecular complexity index is 334. The number of hydrogen-bond acceptors (Lipinski definition) is 4. The molecule has 1 N–H and O–H groups in total. The van der Waals surface area contributed by atoms with Crippen LogP contribution < -0.4 is 5.32 Å². The van der Waals surface area contributed by atoms with Gasteiger partial charge in [0, 0.05) is 37.8 Å². The Labute approximate surface area is 102 Å². The third-order valence-corrected chi connectivity index (χ3v) is 3.15. The predicted octanol–water partition coefficient (Wildman–Crippen LogP) is 0.796. The van der Waals surface area contributed by atoms with Gasteiger partial charge in [-0.05, 0) is 14.0 Å². The van der Waals surface area contributed by atoms with Crippen molar-refractivity contribution in [2.75, 3.05) is 20.3 Å². The highest BCUT2D eigenvalue weighted by molar-refractivity contribution is 4.95. The Morgan fingerprint density at radius 3 is 2.94 bits per heavy atom. The molecule has 1 unspecified atom stereocenters. The summed E-state index contributed by atoms with van der Waals surface area (Å²) in [6.45, 7) is 4.51. The van der Waals surface area contributed by atoms with Crippen molar-refractivity contribution in [2.24, 2.45) is 0 Å². The van der Waals surface area contributed by atoms with E-state index in [4.69, 9.17) is 9.47 Å². The van der Waals surface area contributed by atoms with E-state index < -0.39 is 0 Å². The molecule has 0 aliphatic carbocycles. The van der Waals surface area contributed by atoms with Gasteiger partial charge < -0.3 is 19.4 Å². The first kappa shape index (κ1) is 12.5. The van der Waals surface area contributed by atoms with Crippen molar-refractivity contribution in [3.05, 3.63) is 18.2 Å². The Balaban J connectivity index is 1.90. The first-order valence-corrected chi connectivity index (χ1v) is 6.24. The molecule has 17 heavy (non-hydrogen) atoms. The van der Waals surface area contributed by atoms with Gasteiger partial charge in [-0.1, -0.05) is 0 Å². The molecular weight excluding hydrogens is 218 g/mol. The van der Waals surface area contributed by atoms with E-state index in [1.54, 1.807) is 0 Å². The van der Waals surface area contributed by atoms with Gasteiger partial charge in [-0.25, -0.2) is 4.98 Å². The topological polar surface area (TPSA) is 48.3 Å². The van der Waals surface area contributed by atoms with E-state index >= 15 is 0 Å². The van der Waals surface area contributed by atoms with Crippen LogP contribution in [0.2, 0.25) is 0 Å². The molecular formula is C12H21N3O2. The zero-order valence-corrected chi connectivity index (χ0v) is 10.6. The average Bonchev–Trinajstić information content (AvgIpc) is 2.99. The molecule has 0 bridgehead atoms. The Hall–Kier alpha value is -0.910. The van der Waals surface area contributed by atoms with Crippen LogP contribution in [0, 0.1) is 0 Å². The number of aromatic nitrogens is 2. The van der Waals surface area contributed by atoms with Gasteiger partial charge in [0.15, 0.2) is 6.29 Å². The molecule has 1 fully saturated rings. The minimum absolute atomic E-state index is 0.0579. The molecule has 2 heterocycles. The van der Waals surface area contributed by atoms with Crippen molar-refractivity contribution in [3.8, 4) is 0 Å². The normalized spacial score (nSPS) is 18.7. The quantitative estimate of drug-likeness (QED) is 0.797. The number of hydrogen-bond donors (Lipinski definition) is 1. The van der Waals surface area contributed by atoms with E-state index in [1.165, 1.54) is 0 Å². The standard InChI is InChI=1S/C12H21N3O2/c1-3-15-5-4-14-11(15)8-10(13-2)9-12-16-6-7-17-12/h4-5,10,12-13H,3,6-9H2,1-2H3. The van der Waals surface area contributed by atoms with E-state index in [0.717, 1.165) is 25.2 Å². The molecule has 1 atom stereocenters. The lowest BCUT2D eigenvalue weighted by Gasteiger charge is -2.19. The van der Waals surface area contributed by atoms with E-state index in [2.05, 4.69) is 21.8 Å². The molecule has 96 valence electrons. The maximum absolute atomic E-state index is 5.47. The largest absolute Gasteiger partial charge is 0.350 e. The number of nitrogens with zero attached hydrogens (tertiary/aromatic N) is 2. The van der Waals surface area contributed by atoms with Crippen LogP contribution in [-0.2, 0) is 22.4 Å². The molecule has 1 aromatic rings. The van der Waals surface area contributed by atoms with Gasteiger partial charge in [0.1, 0.15) is 5.82 Å². The number of imidazole rings is 1. The van der Waals surface area contributed by atoms with Crippen molar-refractivity contribution in [2.45, 2.75) is 38.6 Å². The van der Waals surface area contributed by atoms with E-state index in [1.807, 2.05) is 19.4 Å². The molecule has 0 saturated carbocycles. The molecule has 0 spiro atoms. The minimum Gasteiger partial charge on any atom is -0.350 e. The van der Waals surface area contributed by atoms with Crippen LogP contribution in [0.1, 0.15) is 19.2 Å². The maximum atomic E-state index is 5.47. The summed E-state index contributed by atoms with van der Waals surface area (Å²) in [7, 11) is 1.97. The molecule has 1 aliphatic rings. The second kappa shape index (κ2) is 6.14. The van der Waals surface area contributed by atoms with Crippen LogP contribution in [-0.4, -0.2) is 42.1 Å².